The molecule has 0 unspecified atom stereocenters. The molecule has 0 aliphatic carbocycles. The zero-order valence-electron chi connectivity index (χ0n) is 21.4. The molecule has 0 radical (unpaired) electrons. The molecule has 1 fully saturated rings. The van der Waals surface area contributed by atoms with E-state index in [-0.39, 0.29) is 10.6 Å². The first-order valence-electron chi connectivity index (χ1n) is 12.7. The Morgan fingerprint density at radius 2 is 1.68 bits per heavy atom. The van der Waals surface area contributed by atoms with E-state index < -0.39 is 15.9 Å². The second-order valence-electron chi connectivity index (χ2n) is 9.79. The van der Waals surface area contributed by atoms with Gasteiger partial charge in [0, 0.05) is 11.6 Å². The summed E-state index contributed by atoms with van der Waals surface area (Å²) < 4.78 is 29.4. The van der Waals surface area contributed by atoms with Gasteiger partial charge in [0.15, 0.2) is 5.65 Å². The van der Waals surface area contributed by atoms with Crippen LogP contribution in [-0.2, 0) is 23.1 Å². The third kappa shape index (κ3) is 5.75. The van der Waals surface area contributed by atoms with Crippen molar-refractivity contribution in [3.63, 3.8) is 0 Å². The summed E-state index contributed by atoms with van der Waals surface area (Å²) in [4.78, 5) is 24.4. The molecule has 3 heterocycles. The van der Waals surface area contributed by atoms with Crippen molar-refractivity contribution in [1.82, 2.24) is 24.2 Å². The summed E-state index contributed by atoms with van der Waals surface area (Å²) in [7, 11) is -4.03. The van der Waals surface area contributed by atoms with Crippen LogP contribution in [0, 0.1) is 13.8 Å². The van der Waals surface area contributed by atoms with Gasteiger partial charge in [0.25, 0.3) is 15.9 Å². The summed E-state index contributed by atoms with van der Waals surface area (Å²) in [6.07, 6.45) is 3.78. The minimum Gasteiger partial charge on any atom is -0.308 e. The van der Waals surface area contributed by atoms with E-state index in [2.05, 4.69) is 25.7 Å². The maximum Gasteiger partial charge on any atom is 0.283 e. The second kappa shape index (κ2) is 10.8. The van der Waals surface area contributed by atoms with Crippen LogP contribution >= 0.6 is 11.6 Å². The lowest BCUT2D eigenvalue weighted by molar-refractivity contribution is 0.0977. The molecule has 0 atom stereocenters. The van der Waals surface area contributed by atoms with Crippen molar-refractivity contribution in [2.24, 2.45) is 0 Å². The minimum absolute atomic E-state index is 0.0109. The van der Waals surface area contributed by atoms with Crippen molar-refractivity contribution in [2.45, 2.75) is 51.1 Å². The number of nitrogens with one attached hydrogen (secondary N) is 1. The first-order chi connectivity index (χ1) is 18.2. The van der Waals surface area contributed by atoms with E-state index in [1.807, 2.05) is 30.5 Å². The normalized spacial score (nSPS) is 14.6. The van der Waals surface area contributed by atoms with E-state index in [1.165, 1.54) is 43.0 Å². The average Bonchev–Trinajstić information content (AvgIpc) is 3.20. The SMILES string of the molecule is Cc1ccc(S(=O)(=O)NC(=O)c2ccc3nc(C)n(Cc4ccc(CN5CCCCC5)cc4Cl)c3n2)cc1. The lowest BCUT2D eigenvalue weighted by Crippen LogP contribution is -2.31. The molecule has 38 heavy (non-hydrogen) atoms. The molecule has 1 aliphatic heterocycles. The predicted octanol–water partition coefficient (Wildman–Crippen LogP) is 4.85. The number of sulfonamides is 1. The number of imidazole rings is 1. The van der Waals surface area contributed by atoms with Gasteiger partial charge in [0.2, 0.25) is 0 Å². The Balaban J connectivity index is 1.37. The Morgan fingerprint density at radius 3 is 2.39 bits per heavy atom. The largest absolute Gasteiger partial charge is 0.308 e. The van der Waals surface area contributed by atoms with Crippen molar-refractivity contribution in [1.29, 1.82) is 0 Å². The summed E-state index contributed by atoms with van der Waals surface area (Å²) in [5, 5.41) is 0.666. The van der Waals surface area contributed by atoms with Crippen LogP contribution in [0.3, 0.4) is 0 Å². The topological polar surface area (TPSA) is 97.2 Å². The molecule has 4 aromatic rings. The van der Waals surface area contributed by atoms with Crippen molar-refractivity contribution >= 4 is 38.7 Å². The van der Waals surface area contributed by atoms with Gasteiger partial charge in [0.05, 0.1) is 11.4 Å². The van der Waals surface area contributed by atoms with Crippen LogP contribution in [0.4, 0.5) is 0 Å². The number of pyridine rings is 1. The molecule has 1 aliphatic rings. The Hall–Kier alpha value is -3.27. The fourth-order valence-electron chi connectivity index (χ4n) is 4.74. The van der Waals surface area contributed by atoms with Gasteiger partial charge in [0.1, 0.15) is 17.0 Å². The fourth-order valence-corrected chi connectivity index (χ4v) is 5.97. The molecular formula is C28H30ClN5O3S. The molecule has 5 rings (SSSR count). The third-order valence-corrected chi connectivity index (χ3v) is 8.57. The highest BCUT2D eigenvalue weighted by Crippen LogP contribution is 2.24. The average molecular weight is 552 g/mol. The molecule has 1 amide bonds. The lowest BCUT2D eigenvalue weighted by Gasteiger charge is -2.26. The number of carbonyl (C=O) groups is 1. The first-order valence-corrected chi connectivity index (χ1v) is 14.5. The number of carbonyl (C=O) groups excluding carboxylic acids is 1. The highest BCUT2D eigenvalue weighted by atomic mass is 35.5. The van der Waals surface area contributed by atoms with Crippen LogP contribution in [0.1, 0.15) is 52.3 Å². The number of halogens is 1. The smallest absolute Gasteiger partial charge is 0.283 e. The minimum atomic E-state index is -4.03. The number of fused-ring (bicyclic) bond motifs is 1. The van der Waals surface area contributed by atoms with Gasteiger partial charge in [-0.2, -0.15) is 0 Å². The lowest BCUT2D eigenvalue weighted by atomic mass is 10.1. The van der Waals surface area contributed by atoms with Gasteiger partial charge < -0.3 is 4.57 Å². The Morgan fingerprint density at radius 1 is 0.947 bits per heavy atom. The van der Waals surface area contributed by atoms with E-state index in [9.17, 15) is 13.2 Å². The maximum atomic E-state index is 12.9. The number of aryl methyl sites for hydroxylation is 2. The molecule has 2 aromatic carbocycles. The number of piperidine rings is 1. The molecule has 2 aromatic heterocycles. The molecule has 1 saturated heterocycles. The standard InChI is InChI=1S/C28H30ClN5O3S/c1-19-6-10-23(11-7-19)38(36,37)32-28(35)26-13-12-25-27(31-26)34(20(2)30-25)18-22-9-8-21(16-24(22)29)17-33-14-4-3-5-15-33/h6-13,16H,3-5,14-15,17-18H2,1-2H3,(H,32,35). The molecule has 0 bridgehead atoms. The van der Waals surface area contributed by atoms with Crippen LogP contribution in [0.2, 0.25) is 5.02 Å². The second-order valence-corrected chi connectivity index (χ2v) is 11.9. The van der Waals surface area contributed by atoms with E-state index in [1.54, 1.807) is 18.2 Å². The molecule has 8 nitrogen and oxygen atoms in total. The Kier molecular flexibility index (Phi) is 7.52. The summed E-state index contributed by atoms with van der Waals surface area (Å²) >= 11 is 6.69. The van der Waals surface area contributed by atoms with E-state index in [0.29, 0.717) is 28.6 Å². The molecular weight excluding hydrogens is 522 g/mol. The summed E-state index contributed by atoms with van der Waals surface area (Å²) in [5.74, 6) is -0.0937. The molecule has 1 N–H and O–H groups in total. The number of likely N-dealkylation sites (tertiary alicyclic amines) is 1. The number of benzene rings is 2. The highest BCUT2D eigenvalue weighted by Gasteiger charge is 2.21. The number of amides is 1. The number of hydrogen-bond acceptors (Lipinski definition) is 6. The molecule has 198 valence electrons. The molecule has 0 saturated carbocycles. The van der Waals surface area contributed by atoms with E-state index in [0.717, 1.165) is 30.8 Å². The van der Waals surface area contributed by atoms with Crippen molar-refractivity contribution in [3.05, 3.63) is 87.8 Å². The highest BCUT2D eigenvalue weighted by molar-refractivity contribution is 7.90. The Bertz CT molecular complexity index is 1590. The molecule has 10 heteroatoms. The van der Waals surface area contributed by atoms with Gasteiger partial charge in [-0.25, -0.2) is 23.1 Å². The number of hydrogen-bond donors (Lipinski definition) is 1. The van der Waals surface area contributed by atoms with Gasteiger partial charge in [-0.1, -0.05) is 47.9 Å². The van der Waals surface area contributed by atoms with Crippen LogP contribution in [0.15, 0.2) is 59.5 Å². The third-order valence-electron chi connectivity index (χ3n) is 6.87. The first kappa shape index (κ1) is 26.3. The number of rotatable bonds is 7. The zero-order chi connectivity index (χ0) is 26.9. The number of nitrogens with zero attached hydrogens (tertiary/aromatic N) is 4. The van der Waals surface area contributed by atoms with Crippen molar-refractivity contribution in [3.8, 4) is 0 Å². The summed E-state index contributed by atoms with van der Waals surface area (Å²) in [5.41, 5.74) is 4.09. The Labute approximate surface area is 227 Å². The predicted molar refractivity (Wildman–Crippen MR) is 148 cm³/mol. The quantitative estimate of drug-likeness (QED) is 0.352. The fraction of sp³-hybridized carbons (Fsp3) is 0.321. The summed E-state index contributed by atoms with van der Waals surface area (Å²) in [6.45, 7) is 7.27. The van der Waals surface area contributed by atoms with Crippen LogP contribution in [0.5, 0.6) is 0 Å². The van der Waals surface area contributed by atoms with E-state index >= 15 is 0 Å². The van der Waals surface area contributed by atoms with Crippen LogP contribution < -0.4 is 4.72 Å². The van der Waals surface area contributed by atoms with Gasteiger partial charge in [-0.15, -0.1) is 0 Å². The van der Waals surface area contributed by atoms with Crippen LogP contribution in [0.25, 0.3) is 11.2 Å². The monoisotopic (exact) mass is 551 g/mol. The maximum absolute atomic E-state index is 12.9. The van der Waals surface area contributed by atoms with Gasteiger partial charge in [-0.05, 0) is 81.2 Å². The van der Waals surface area contributed by atoms with Gasteiger partial charge in [-0.3, -0.25) is 9.69 Å². The van der Waals surface area contributed by atoms with Crippen LogP contribution in [-0.4, -0.2) is 46.8 Å². The van der Waals surface area contributed by atoms with E-state index in [4.69, 9.17) is 11.6 Å². The molecule has 0 spiro atoms. The van der Waals surface area contributed by atoms with Crippen molar-refractivity contribution in [2.75, 3.05) is 13.1 Å². The van der Waals surface area contributed by atoms with Gasteiger partial charge >= 0.3 is 0 Å². The summed E-state index contributed by atoms with van der Waals surface area (Å²) in [6, 6.07) is 15.6. The van der Waals surface area contributed by atoms with Crippen molar-refractivity contribution < 1.29 is 13.2 Å². The zero-order valence-corrected chi connectivity index (χ0v) is 23.0. The number of aromatic nitrogens is 3.